The molecule has 0 aliphatic carbocycles. The summed E-state index contributed by atoms with van der Waals surface area (Å²) < 4.78 is 5.31. The Hall–Kier alpha value is -1.92. The predicted molar refractivity (Wildman–Crippen MR) is 101 cm³/mol. The number of aromatic nitrogens is 2. The lowest BCUT2D eigenvalue weighted by atomic mass is 9.82. The van der Waals surface area contributed by atoms with Crippen LogP contribution in [0.1, 0.15) is 50.8 Å². The molecule has 1 amide bonds. The summed E-state index contributed by atoms with van der Waals surface area (Å²) in [6.45, 7) is 0. The van der Waals surface area contributed by atoms with Crippen LogP contribution in [-0.4, -0.2) is 44.2 Å². The summed E-state index contributed by atoms with van der Waals surface area (Å²) in [7, 11) is 0. The summed E-state index contributed by atoms with van der Waals surface area (Å²) in [5, 5.41) is 14.6. The van der Waals surface area contributed by atoms with E-state index < -0.39 is 0 Å². The first-order chi connectivity index (χ1) is 13.1. The van der Waals surface area contributed by atoms with Crippen molar-refractivity contribution in [2.75, 3.05) is 0 Å². The predicted octanol–water partition coefficient (Wildman–Crippen LogP) is 3.62. The van der Waals surface area contributed by atoms with E-state index in [1.807, 2.05) is 23.1 Å². The van der Waals surface area contributed by atoms with Crippen LogP contribution in [0.5, 0.6) is 0 Å². The zero-order valence-electron chi connectivity index (χ0n) is 15.2. The number of halogens is 1. The number of aryl methyl sites for hydroxylation is 1. The third-order valence-electron chi connectivity index (χ3n) is 5.60. The third kappa shape index (κ3) is 4.01. The monoisotopic (exact) mass is 389 g/mol. The molecule has 27 heavy (non-hydrogen) atoms. The van der Waals surface area contributed by atoms with Crippen LogP contribution < -0.4 is 0 Å². The van der Waals surface area contributed by atoms with Crippen LogP contribution in [0.2, 0.25) is 5.02 Å². The lowest BCUT2D eigenvalue weighted by molar-refractivity contribution is -0.144. The molecule has 0 spiro atoms. The number of aliphatic hydroxyl groups excluding tert-OH is 1. The maximum Gasteiger partial charge on any atom is 0.226 e. The van der Waals surface area contributed by atoms with Gasteiger partial charge in [-0.2, -0.15) is 4.98 Å². The fourth-order valence-corrected chi connectivity index (χ4v) is 4.61. The minimum atomic E-state index is -0.258. The molecule has 1 aromatic heterocycles. The Kier molecular flexibility index (Phi) is 5.45. The first-order valence-electron chi connectivity index (χ1n) is 9.68. The first kappa shape index (κ1) is 18.4. The molecular formula is C20H24ClN3O3. The number of carbonyl (C=O) groups excluding carboxylic acids is 1. The van der Waals surface area contributed by atoms with Gasteiger partial charge in [-0.25, -0.2) is 0 Å². The second kappa shape index (κ2) is 7.98. The van der Waals surface area contributed by atoms with Crippen molar-refractivity contribution in [3.05, 3.63) is 35.2 Å². The van der Waals surface area contributed by atoms with Crippen LogP contribution in [0, 0.1) is 0 Å². The van der Waals surface area contributed by atoms with Gasteiger partial charge in [0.15, 0.2) is 0 Å². The number of carbonyl (C=O) groups is 1. The van der Waals surface area contributed by atoms with Gasteiger partial charge >= 0.3 is 0 Å². The van der Waals surface area contributed by atoms with Crippen LogP contribution in [0.3, 0.4) is 0 Å². The molecule has 1 N–H and O–H groups in total. The summed E-state index contributed by atoms with van der Waals surface area (Å²) in [4.78, 5) is 19.2. The Balaban J connectivity index is 1.33. The van der Waals surface area contributed by atoms with Crippen molar-refractivity contribution in [3.63, 3.8) is 0 Å². The normalized spacial score (nSPS) is 24.8. The molecule has 4 rings (SSSR count). The number of rotatable bonds is 5. The van der Waals surface area contributed by atoms with E-state index in [2.05, 4.69) is 10.1 Å². The molecule has 1 aromatic carbocycles. The average Bonchev–Trinajstić information content (AvgIpc) is 3.10. The lowest BCUT2D eigenvalue weighted by Crippen LogP contribution is -2.55. The molecule has 1 unspecified atom stereocenters. The number of amides is 1. The molecule has 2 saturated heterocycles. The number of benzene rings is 1. The second-order valence-electron chi connectivity index (χ2n) is 7.51. The van der Waals surface area contributed by atoms with E-state index in [0.29, 0.717) is 48.8 Å². The van der Waals surface area contributed by atoms with E-state index in [9.17, 15) is 9.90 Å². The van der Waals surface area contributed by atoms with Gasteiger partial charge < -0.3 is 14.5 Å². The van der Waals surface area contributed by atoms with Crippen molar-refractivity contribution in [2.45, 2.75) is 69.6 Å². The summed E-state index contributed by atoms with van der Waals surface area (Å²) >= 11 is 6.17. The molecule has 2 aliphatic heterocycles. The summed E-state index contributed by atoms with van der Waals surface area (Å²) in [5.41, 5.74) is 0.741. The van der Waals surface area contributed by atoms with Gasteiger partial charge in [-0.3, -0.25) is 4.79 Å². The first-order valence-corrected chi connectivity index (χ1v) is 10.1. The van der Waals surface area contributed by atoms with E-state index in [-0.39, 0.29) is 24.1 Å². The van der Waals surface area contributed by atoms with Crippen molar-refractivity contribution in [2.24, 2.45) is 0 Å². The highest BCUT2D eigenvalue weighted by molar-refractivity contribution is 6.33. The minimum Gasteiger partial charge on any atom is -0.393 e. The average molecular weight is 390 g/mol. The molecule has 2 fully saturated rings. The number of piperidine rings is 2. The maximum atomic E-state index is 12.7. The molecule has 144 valence electrons. The number of nitrogens with zero attached hydrogens (tertiary/aromatic N) is 3. The molecular weight excluding hydrogens is 366 g/mol. The second-order valence-corrected chi connectivity index (χ2v) is 7.92. The highest BCUT2D eigenvalue weighted by Gasteiger charge is 2.39. The van der Waals surface area contributed by atoms with E-state index in [1.165, 1.54) is 0 Å². The molecule has 0 saturated carbocycles. The third-order valence-corrected chi connectivity index (χ3v) is 5.93. The highest BCUT2D eigenvalue weighted by atomic mass is 35.5. The molecule has 7 heteroatoms. The molecule has 6 nitrogen and oxygen atoms in total. The van der Waals surface area contributed by atoms with Crippen molar-refractivity contribution in [1.29, 1.82) is 0 Å². The van der Waals surface area contributed by atoms with Gasteiger partial charge in [0.2, 0.25) is 17.6 Å². The molecule has 3 heterocycles. The van der Waals surface area contributed by atoms with Gasteiger partial charge in [0.25, 0.3) is 0 Å². The maximum absolute atomic E-state index is 12.7. The van der Waals surface area contributed by atoms with Gasteiger partial charge in [-0.15, -0.1) is 0 Å². The van der Waals surface area contributed by atoms with Crippen molar-refractivity contribution >= 4 is 17.5 Å². The van der Waals surface area contributed by atoms with E-state index in [1.54, 1.807) is 6.07 Å². The Bertz CT molecular complexity index is 795. The van der Waals surface area contributed by atoms with E-state index >= 15 is 0 Å². The van der Waals surface area contributed by atoms with Crippen LogP contribution in [-0.2, 0) is 11.2 Å². The summed E-state index contributed by atoms with van der Waals surface area (Å²) in [5.74, 6) is 1.18. The number of aliphatic hydroxyl groups is 1. The zero-order valence-corrected chi connectivity index (χ0v) is 15.9. The van der Waals surface area contributed by atoms with Gasteiger partial charge in [-0.1, -0.05) is 28.9 Å². The van der Waals surface area contributed by atoms with Gasteiger partial charge in [-0.05, 0) is 50.7 Å². The largest absolute Gasteiger partial charge is 0.393 e. The lowest BCUT2D eigenvalue weighted by Gasteiger charge is -2.47. The summed E-state index contributed by atoms with van der Waals surface area (Å²) in [6, 6.07) is 7.78. The quantitative estimate of drug-likeness (QED) is 0.844. The zero-order chi connectivity index (χ0) is 18.8. The highest BCUT2D eigenvalue weighted by Crippen LogP contribution is 2.34. The standard InChI is InChI=1S/C20H24ClN3O3/c21-17-8-2-1-7-16(17)20-22-18(27-23-20)9-4-10-19(26)24-13-5-3-6-14(24)12-15(25)11-13/h1-2,7-8,13-15,25H,3-6,9-12H2/t13-,14+,15?. The molecule has 2 bridgehead atoms. The molecule has 2 aromatic rings. The topological polar surface area (TPSA) is 79.5 Å². The Labute approximate surface area is 163 Å². The Morgan fingerprint density at radius 2 is 2.00 bits per heavy atom. The van der Waals surface area contributed by atoms with Crippen LogP contribution >= 0.6 is 11.6 Å². The number of hydrogen-bond donors (Lipinski definition) is 1. The molecule has 3 atom stereocenters. The molecule has 0 radical (unpaired) electrons. The fraction of sp³-hybridized carbons (Fsp3) is 0.550. The van der Waals surface area contributed by atoms with Crippen LogP contribution in [0.25, 0.3) is 11.4 Å². The van der Waals surface area contributed by atoms with Crippen LogP contribution in [0.15, 0.2) is 28.8 Å². The van der Waals surface area contributed by atoms with Crippen molar-refractivity contribution in [1.82, 2.24) is 15.0 Å². The van der Waals surface area contributed by atoms with E-state index in [4.69, 9.17) is 16.1 Å². The van der Waals surface area contributed by atoms with Gasteiger partial charge in [0.1, 0.15) is 0 Å². The Morgan fingerprint density at radius 3 is 2.74 bits per heavy atom. The number of fused-ring (bicyclic) bond motifs is 2. The Morgan fingerprint density at radius 1 is 1.26 bits per heavy atom. The van der Waals surface area contributed by atoms with Crippen molar-refractivity contribution in [3.8, 4) is 11.4 Å². The molecule has 2 aliphatic rings. The fourth-order valence-electron chi connectivity index (χ4n) is 4.39. The number of hydrogen-bond acceptors (Lipinski definition) is 5. The van der Waals surface area contributed by atoms with Crippen LogP contribution in [0.4, 0.5) is 0 Å². The smallest absolute Gasteiger partial charge is 0.226 e. The SMILES string of the molecule is O=C(CCCc1nc(-c2ccccc2Cl)no1)N1[C@@H]2CCC[C@H]1CC(O)C2. The van der Waals surface area contributed by atoms with Crippen molar-refractivity contribution < 1.29 is 14.4 Å². The van der Waals surface area contributed by atoms with Gasteiger partial charge in [0.05, 0.1) is 11.1 Å². The minimum absolute atomic E-state index is 0.183. The van der Waals surface area contributed by atoms with Gasteiger partial charge in [0, 0.05) is 30.5 Å². The van der Waals surface area contributed by atoms with E-state index in [0.717, 1.165) is 24.8 Å². The summed E-state index contributed by atoms with van der Waals surface area (Å²) in [6.07, 6.45) is 6.03.